The van der Waals surface area contributed by atoms with Gasteiger partial charge in [-0.25, -0.2) is 0 Å². The highest BCUT2D eigenvalue weighted by atomic mass is 16.5. The predicted molar refractivity (Wildman–Crippen MR) is 79.4 cm³/mol. The zero-order valence-corrected chi connectivity index (χ0v) is 11.9. The second-order valence-electron chi connectivity index (χ2n) is 5.22. The van der Waals surface area contributed by atoms with Gasteiger partial charge >= 0.3 is 5.97 Å². The van der Waals surface area contributed by atoms with Crippen LogP contribution in [0.3, 0.4) is 0 Å². The molecule has 5 nitrogen and oxygen atoms in total. The highest BCUT2D eigenvalue weighted by Gasteiger charge is 2.31. The molecule has 0 spiro atoms. The summed E-state index contributed by atoms with van der Waals surface area (Å²) in [6.45, 7) is 3.04. The Morgan fingerprint density at radius 2 is 2.33 bits per heavy atom. The van der Waals surface area contributed by atoms with Crippen LogP contribution >= 0.6 is 0 Å². The largest absolute Gasteiger partial charge is 0.492 e. The van der Waals surface area contributed by atoms with Gasteiger partial charge in [0.25, 0.3) is 0 Å². The summed E-state index contributed by atoms with van der Waals surface area (Å²) in [4.78, 5) is 15.5. The van der Waals surface area contributed by atoms with Crippen LogP contribution in [0.4, 0.5) is 0 Å². The van der Waals surface area contributed by atoms with E-state index in [0.29, 0.717) is 19.6 Å². The van der Waals surface area contributed by atoms with E-state index in [1.54, 1.807) is 6.20 Å². The molecule has 1 aromatic heterocycles. The van der Waals surface area contributed by atoms with Crippen molar-refractivity contribution in [3.8, 4) is 5.75 Å². The summed E-state index contributed by atoms with van der Waals surface area (Å²) >= 11 is 0. The Morgan fingerprint density at radius 3 is 3.05 bits per heavy atom. The maximum Gasteiger partial charge on any atom is 0.307 e. The molecule has 1 aliphatic rings. The van der Waals surface area contributed by atoms with E-state index < -0.39 is 5.97 Å². The second-order valence-corrected chi connectivity index (χ2v) is 5.22. The van der Waals surface area contributed by atoms with E-state index >= 15 is 0 Å². The number of ether oxygens (including phenoxy) is 1. The van der Waals surface area contributed by atoms with Gasteiger partial charge in [0.2, 0.25) is 0 Å². The van der Waals surface area contributed by atoms with Gasteiger partial charge in [0.1, 0.15) is 11.3 Å². The van der Waals surface area contributed by atoms with E-state index in [4.69, 9.17) is 9.84 Å². The first-order valence-corrected chi connectivity index (χ1v) is 7.17. The lowest BCUT2D eigenvalue weighted by Crippen LogP contribution is -2.17. The Balaban J connectivity index is 2.00. The number of carboxylic acids is 1. The molecule has 1 aliphatic heterocycles. The maximum absolute atomic E-state index is 11.1. The van der Waals surface area contributed by atoms with Crippen LogP contribution in [0.1, 0.15) is 24.9 Å². The van der Waals surface area contributed by atoms with Gasteiger partial charge in [-0.05, 0) is 31.0 Å². The number of hydrogen-bond donors (Lipinski definition) is 2. The summed E-state index contributed by atoms with van der Waals surface area (Å²) < 4.78 is 5.62. The first-order chi connectivity index (χ1) is 10.2. The summed E-state index contributed by atoms with van der Waals surface area (Å²) in [6.07, 6.45) is 2.35. The van der Waals surface area contributed by atoms with Gasteiger partial charge in [-0.3, -0.25) is 9.78 Å². The quantitative estimate of drug-likeness (QED) is 0.903. The zero-order chi connectivity index (χ0) is 14.8. The molecule has 1 fully saturated rings. The van der Waals surface area contributed by atoms with E-state index in [9.17, 15) is 4.79 Å². The zero-order valence-electron chi connectivity index (χ0n) is 11.9. The number of hydrogen-bond acceptors (Lipinski definition) is 4. The number of aromatic nitrogens is 1. The number of pyridine rings is 1. The number of rotatable bonds is 4. The predicted octanol–water partition coefficient (Wildman–Crippen LogP) is 2.37. The van der Waals surface area contributed by atoms with Crippen molar-refractivity contribution < 1.29 is 14.6 Å². The normalized spacial score (nSPS) is 21.6. The Hall–Kier alpha value is -2.14. The van der Waals surface area contributed by atoms with Crippen molar-refractivity contribution >= 4 is 16.9 Å². The fraction of sp³-hybridized carbons (Fsp3) is 0.375. The van der Waals surface area contributed by atoms with Gasteiger partial charge in [0.15, 0.2) is 0 Å². The summed E-state index contributed by atoms with van der Waals surface area (Å²) in [7, 11) is 0. The molecular weight excluding hydrogens is 268 g/mol. The number of fused-ring (bicyclic) bond motifs is 1. The standard InChI is InChI=1S/C16H18N2O3/c1-2-21-14-6-5-11(12-4-3-7-17-15(12)14)13-8-10(9-18-13)16(19)20/h3-7,10,13,18H,2,8-9H2,1H3,(H,19,20). The number of carboxylic acid groups (broad SMARTS) is 1. The smallest absolute Gasteiger partial charge is 0.307 e. The lowest BCUT2D eigenvalue weighted by Gasteiger charge is -2.15. The minimum Gasteiger partial charge on any atom is -0.492 e. The molecule has 21 heavy (non-hydrogen) atoms. The summed E-state index contributed by atoms with van der Waals surface area (Å²) in [5, 5.41) is 13.5. The molecule has 2 N–H and O–H groups in total. The molecule has 2 aromatic rings. The minimum absolute atomic E-state index is 0.0495. The lowest BCUT2D eigenvalue weighted by atomic mass is 9.96. The fourth-order valence-corrected chi connectivity index (χ4v) is 2.91. The molecule has 0 radical (unpaired) electrons. The summed E-state index contributed by atoms with van der Waals surface area (Å²) in [5.41, 5.74) is 1.92. The van der Waals surface area contributed by atoms with Crippen LogP contribution in [0.15, 0.2) is 30.5 Å². The van der Waals surface area contributed by atoms with Gasteiger partial charge in [-0.1, -0.05) is 12.1 Å². The van der Waals surface area contributed by atoms with Crippen LogP contribution in [0, 0.1) is 5.92 Å². The topological polar surface area (TPSA) is 71.5 Å². The summed E-state index contributed by atoms with van der Waals surface area (Å²) in [5.74, 6) is -0.295. The van der Waals surface area contributed by atoms with Gasteiger partial charge in [0.05, 0.1) is 12.5 Å². The highest BCUT2D eigenvalue weighted by molar-refractivity contribution is 5.88. The van der Waals surface area contributed by atoms with E-state index in [0.717, 1.165) is 22.2 Å². The average molecular weight is 286 g/mol. The Labute approximate surface area is 123 Å². The average Bonchev–Trinajstić information content (AvgIpc) is 2.98. The van der Waals surface area contributed by atoms with E-state index in [1.807, 2.05) is 31.2 Å². The molecule has 5 heteroatoms. The number of benzene rings is 1. The Morgan fingerprint density at radius 1 is 1.48 bits per heavy atom. The third-order valence-corrected chi connectivity index (χ3v) is 3.92. The minimum atomic E-state index is -0.738. The number of nitrogens with one attached hydrogen (secondary N) is 1. The van der Waals surface area contributed by atoms with Crippen LogP contribution in [-0.4, -0.2) is 29.2 Å². The van der Waals surface area contributed by atoms with Crippen molar-refractivity contribution in [2.24, 2.45) is 5.92 Å². The van der Waals surface area contributed by atoms with Crippen LogP contribution in [0.5, 0.6) is 5.75 Å². The molecule has 0 saturated carbocycles. The molecule has 0 bridgehead atoms. The highest BCUT2D eigenvalue weighted by Crippen LogP contribution is 2.35. The molecule has 1 saturated heterocycles. The Bertz CT molecular complexity index is 672. The first-order valence-electron chi connectivity index (χ1n) is 7.17. The molecule has 1 aromatic carbocycles. The SMILES string of the molecule is CCOc1ccc(C2CC(C(=O)O)CN2)c2cccnc12. The van der Waals surface area contributed by atoms with E-state index in [-0.39, 0.29) is 12.0 Å². The van der Waals surface area contributed by atoms with E-state index in [2.05, 4.69) is 10.3 Å². The molecule has 2 heterocycles. The lowest BCUT2D eigenvalue weighted by molar-refractivity contribution is -0.141. The number of nitrogens with zero attached hydrogens (tertiary/aromatic N) is 1. The van der Waals surface area contributed by atoms with E-state index in [1.165, 1.54) is 0 Å². The van der Waals surface area contributed by atoms with Crippen LogP contribution < -0.4 is 10.1 Å². The number of carbonyl (C=O) groups is 1. The van der Waals surface area contributed by atoms with Gasteiger partial charge in [0, 0.05) is 24.2 Å². The third-order valence-electron chi connectivity index (χ3n) is 3.92. The fourth-order valence-electron chi connectivity index (χ4n) is 2.91. The van der Waals surface area contributed by atoms with Crippen molar-refractivity contribution in [1.29, 1.82) is 0 Å². The monoisotopic (exact) mass is 286 g/mol. The maximum atomic E-state index is 11.1. The van der Waals surface area contributed by atoms with Gasteiger partial charge in [-0.2, -0.15) is 0 Å². The van der Waals surface area contributed by atoms with Crippen LogP contribution in [0.2, 0.25) is 0 Å². The van der Waals surface area contributed by atoms with Gasteiger partial charge < -0.3 is 15.2 Å². The Kier molecular flexibility index (Phi) is 3.75. The number of aliphatic carboxylic acids is 1. The second kappa shape index (κ2) is 5.69. The first kappa shape index (κ1) is 13.8. The van der Waals surface area contributed by atoms with Crippen molar-refractivity contribution in [1.82, 2.24) is 10.3 Å². The van der Waals surface area contributed by atoms with Crippen LogP contribution in [-0.2, 0) is 4.79 Å². The molecule has 0 aliphatic carbocycles. The molecular formula is C16H18N2O3. The summed E-state index contributed by atoms with van der Waals surface area (Å²) in [6, 6.07) is 7.88. The van der Waals surface area contributed by atoms with Crippen molar-refractivity contribution in [3.63, 3.8) is 0 Å². The van der Waals surface area contributed by atoms with Gasteiger partial charge in [-0.15, -0.1) is 0 Å². The van der Waals surface area contributed by atoms with Crippen molar-refractivity contribution in [2.75, 3.05) is 13.2 Å². The molecule has 110 valence electrons. The molecule has 2 atom stereocenters. The van der Waals surface area contributed by atoms with Crippen LogP contribution in [0.25, 0.3) is 10.9 Å². The molecule has 0 amide bonds. The third kappa shape index (κ3) is 2.56. The molecule has 3 rings (SSSR count). The van der Waals surface area contributed by atoms with Crippen molar-refractivity contribution in [3.05, 3.63) is 36.0 Å². The van der Waals surface area contributed by atoms with Crippen molar-refractivity contribution in [2.45, 2.75) is 19.4 Å². The molecule has 2 unspecified atom stereocenters.